The zero-order valence-corrected chi connectivity index (χ0v) is 40.4. The van der Waals surface area contributed by atoms with Gasteiger partial charge in [-0.25, -0.2) is 0 Å². The minimum atomic E-state index is -0.760. The Morgan fingerprint density at radius 1 is 0.339 bits per heavy atom. The number of carbonyl (C=O) groups excluding carboxylic acids is 3. The first-order valence-electron chi connectivity index (χ1n) is 26.3. The fourth-order valence-corrected chi connectivity index (χ4v) is 7.93. The summed E-state index contributed by atoms with van der Waals surface area (Å²) < 4.78 is 16.7. The molecule has 59 heavy (non-hydrogen) atoms. The summed E-state index contributed by atoms with van der Waals surface area (Å²) in [5, 5.41) is 0. The van der Waals surface area contributed by atoms with Crippen molar-refractivity contribution in [2.75, 3.05) is 13.2 Å². The molecule has 0 amide bonds. The second-order valence-corrected chi connectivity index (χ2v) is 18.6. The first-order chi connectivity index (χ1) is 28.8. The highest BCUT2D eigenvalue weighted by atomic mass is 16.6. The molecule has 350 valence electrons. The minimum Gasteiger partial charge on any atom is -0.462 e. The monoisotopic (exact) mass is 835 g/mol. The molecular weight excluding hydrogens is 733 g/mol. The zero-order valence-electron chi connectivity index (χ0n) is 40.4. The van der Waals surface area contributed by atoms with Crippen LogP contribution in [0.15, 0.2) is 0 Å². The lowest BCUT2D eigenvalue weighted by Crippen LogP contribution is -2.30. The molecule has 0 spiro atoms. The van der Waals surface area contributed by atoms with Gasteiger partial charge in [0.25, 0.3) is 0 Å². The molecule has 0 bridgehead atoms. The van der Waals surface area contributed by atoms with Crippen molar-refractivity contribution in [3.05, 3.63) is 0 Å². The van der Waals surface area contributed by atoms with Crippen molar-refractivity contribution in [3.8, 4) is 0 Å². The summed E-state index contributed by atoms with van der Waals surface area (Å²) >= 11 is 0. The number of esters is 3. The van der Waals surface area contributed by atoms with Crippen LogP contribution in [-0.2, 0) is 28.6 Å². The van der Waals surface area contributed by atoms with Crippen molar-refractivity contribution in [2.24, 2.45) is 11.8 Å². The Labute approximate surface area is 368 Å². The fraction of sp³-hybridized carbons (Fsp3) is 0.943. The number of unbranched alkanes of at least 4 members (excludes halogenated alkanes) is 30. The molecule has 0 fully saturated rings. The Hall–Kier alpha value is -1.59. The summed E-state index contributed by atoms with van der Waals surface area (Å²) in [7, 11) is 0. The van der Waals surface area contributed by atoms with Gasteiger partial charge in [-0.05, 0) is 31.1 Å². The Balaban J connectivity index is 4.06. The van der Waals surface area contributed by atoms with Crippen molar-refractivity contribution in [2.45, 2.75) is 298 Å². The highest BCUT2D eigenvalue weighted by molar-refractivity contribution is 5.71. The van der Waals surface area contributed by atoms with E-state index >= 15 is 0 Å². The number of hydrogen-bond donors (Lipinski definition) is 0. The van der Waals surface area contributed by atoms with Crippen LogP contribution in [0.5, 0.6) is 0 Å². The summed E-state index contributed by atoms with van der Waals surface area (Å²) in [4.78, 5) is 37.6. The molecule has 2 unspecified atom stereocenters. The Morgan fingerprint density at radius 2 is 0.593 bits per heavy atom. The van der Waals surface area contributed by atoms with E-state index < -0.39 is 6.10 Å². The maximum Gasteiger partial charge on any atom is 0.306 e. The molecule has 0 radical (unpaired) electrons. The molecule has 0 N–H and O–H groups in total. The third-order valence-electron chi connectivity index (χ3n) is 12.7. The van der Waals surface area contributed by atoms with E-state index in [1.165, 1.54) is 173 Å². The van der Waals surface area contributed by atoms with Gasteiger partial charge in [-0.1, -0.05) is 253 Å². The van der Waals surface area contributed by atoms with Crippen LogP contribution in [0.4, 0.5) is 0 Å². The summed E-state index contributed by atoms with van der Waals surface area (Å²) in [6.07, 6.45) is 46.9. The van der Waals surface area contributed by atoms with Crippen LogP contribution in [0.3, 0.4) is 0 Å². The molecule has 0 aliphatic heterocycles. The highest BCUT2D eigenvalue weighted by Crippen LogP contribution is 2.18. The lowest BCUT2D eigenvalue weighted by molar-refractivity contribution is -0.167. The van der Waals surface area contributed by atoms with E-state index in [4.69, 9.17) is 14.2 Å². The Bertz CT molecular complexity index is 904. The van der Waals surface area contributed by atoms with Gasteiger partial charge >= 0.3 is 17.9 Å². The van der Waals surface area contributed by atoms with Gasteiger partial charge in [0.05, 0.1) is 0 Å². The lowest BCUT2D eigenvalue weighted by Gasteiger charge is -2.18. The Morgan fingerprint density at radius 3 is 0.881 bits per heavy atom. The average molecular weight is 835 g/mol. The highest BCUT2D eigenvalue weighted by Gasteiger charge is 2.19. The van der Waals surface area contributed by atoms with E-state index in [-0.39, 0.29) is 31.1 Å². The van der Waals surface area contributed by atoms with Gasteiger partial charge in [0.2, 0.25) is 0 Å². The second kappa shape index (κ2) is 45.9. The molecule has 0 rings (SSSR count). The van der Waals surface area contributed by atoms with Gasteiger partial charge in [0, 0.05) is 19.3 Å². The van der Waals surface area contributed by atoms with Crippen LogP contribution in [0.1, 0.15) is 291 Å². The summed E-state index contributed by atoms with van der Waals surface area (Å²) in [6, 6.07) is 0. The van der Waals surface area contributed by atoms with Crippen LogP contribution in [0.2, 0.25) is 0 Å². The van der Waals surface area contributed by atoms with Gasteiger partial charge in [-0.15, -0.1) is 0 Å². The van der Waals surface area contributed by atoms with Crippen LogP contribution >= 0.6 is 0 Å². The van der Waals surface area contributed by atoms with Gasteiger partial charge < -0.3 is 14.2 Å². The molecule has 0 aliphatic carbocycles. The van der Waals surface area contributed by atoms with Crippen molar-refractivity contribution in [3.63, 3.8) is 0 Å². The summed E-state index contributed by atoms with van der Waals surface area (Å²) in [5.41, 5.74) is 0. The molecule has 0 aromatic carbocycles. The van der Waals surface area contributed by atoms with E-state index in [1.54, 1.807) is 0 Å². The average Bonchev–Trinajstić information content (AvgIpc) is 3.23. The summed E-state index contributed by atoms with van der Waals surface area (Å²) in [6.45, 7) is 11.4. The largest absolute Gasteiger partial charge is 0.462 e. The van der Waals surface area contributed by atoms with Gasteiger partial charge in [0.15, 0.2) is 6.10 Å². The van der Waals surface area contributed by atoms with Crippen molar-refractivity contribution in [1.82, 2.24) is 0 Å². The SMILES string of the molecule is CCCCCCCC(=O)OC[C@@H](COC(=O)CCCCCCCCCCCCCCCCCCCCC(C)CC)OC(=O)CCCCCCCCCCCCC(C)CC. The second-order valence-electron chi connectivity index (χ2n) is 18.6. The quantitative estimate of drug-likeness (QED) is 0.0345. The number of rotatable bonds is 47. The van der Waals surface area contributed by atoms with Crippen LogP contribution in [0.25, 0.3) is 0 Å². The molecular formula is C53H102O6. The van der Waals surface area contributed by atoms with Gasteiger partial charge in [0.1, 0.15) is 13.2 Å². The third kappa shape index (κ3) is 44.3. The summed E-state index contributed by atoms with van der Waals surface area (Å²) in [5.74, 6) is 0.915. The molecule has 0 aliphatic rings. The standard InChI is InChI=1S/C53H102O6/c1-6-9-10-31-38-43-51(54)57-46-50(59-53(56)45-40-35-30-26-22-21-24-28-33-37-42-49(5)8-3)47-58-52(55)44-39-34-29-25-20-18-16-14-12-11-13-15-17-19-23-27-32-36-41-48(4)7-2/h48-50H,6-47H2,1-5H3/t48?,49?,50-/m0/s1. The number of ether oxygens (including phenoxy) is 3. The first-order valence-corrected chi connectivity index (χ1v) is 26.3. The fourth-order valence-electron chi connectivity index (χ4n) is 7.93. The maximum atomic E-state index is 12.7. The molecule has 6 heteroatoms. The maximum absolute atomic E-state index is 12.7. The smallest absolute Gasteiger partial charge is 0.306 e. The van der Waals surface area contributed by atoms with E-state index in [2.05, 4.69) is 34.6 Å². The number of carbonyl (C=O) groups is 3. The normalized spacial score (nSPS) is 13.0. The van der Waals surface area contributed by atoms with Crippen molar-refractivity contribution >= 4 is 17.9 Å². The van der Waals surface area contributed by atoms with E-state index in [9.17, 15) is 14.4 Å². The van der Waals surface area contributed by atoms with Gasteiger partial charge in [-0.2, -0.15) is 0 Å². The minimum absolute atomic E-state index is 0.0648. The van der Waals surface area contributed by atoms with Gasteiger partial charge in [-0.3, -0.25) is 14.4 Å². The number of hydrogen-bond acceptors (Lipinski definition) is 6. The Kier molecular flexibility index (Phi) is 44.7. The van der Waals surface area contributed by atoms with Crippen molar-refractivity contribution in [1.29, 1.82) is 0 Å². The molecule has 0 aromatic rings. The third-order valence-corrected chi connectivity index (χ3v) is 12.7. The topological polar surface area (TPSA) is 78.9 Å². The van der Waals surface area contributed by atoms with Crippen LogP contribution < -0.4 is 0 Å². The molecule has 0 heterocycles. The molecule has 6 nitrogen and oxygen atoms in total. The first kappa shape index (κ1) is 57.4. The van der Waals surface area contributed by atoms with E-state index in [0.717, 1.165) is 76.0 Å². The van der Waals surface area contributed by atoms with E-state index in [0.29, 0.717) is 19.3 Å². The predicted octanol–water partition coefficient (Wildman–Crippen LogP) is 16.9. The lowest BCUT2D eigenvalue weighted by atomic mass is 9.99. The predicted molar refractivity (Wildman–Crippen MR) is 252 cm³/mol. The molecule has 0 saturated carbocycles. The van der Waals surface area contributed by atoms with Crippen LogP contribution in [-0.4, -0.2) is 37.2 Å². The molecule has 3 atom stereocenters. The van der Waals surface area contributed by atoms with Crippen LogP contribution in [0, 0.1) is 11.8 Å². The van der Waals surface area contributed by atoms with Crippen molar-refractivity contribution < 1.29 is 28.6 Å². The van der Waals surface area contributed by atoms with E-state index in [1.807, 2.05) is 0 Å². The molecule has 0 aromatic heterocycles. The zero-order chi connectivity index (χ0) is 43.3. The molecule has 0 saturated heterocycles.